The number of benzene rings is 4. The van der Waals surface area contributed by atoms with Crippen LogP contribution in [0.2, 0.25) is 0 Å². The molecule has 0 amide bonds. The third-order valence-electron chi connectivity index (χ3n) is 3.82. The zero-order chi connectivity index (χ0) is 12.3. The molecule has 0 saturated heterocycles. The maximum absolute atomic E-state index is 2.28. The third-order valence-corrected chi connectivity index (χ3v) is 3.82. The number of hydrogen-bond acceptors (Lipinski definition) is 0. The van der Waals surface area contributed by atoms with E-state index in [2.05, 4.69) is 64.2 Å². The SMILES string of the molecule is Bc1cc2ccc3cc(B)cc4ccc(c1)c2c34. The van der Waals surface area contributed by atoms with Crippen LogP contribution in [-0.2, 0) is 0 Å². The quantitative estimate of drug-likeness (QED) is 0.311. The molecular weight excluding hydrogens is 214 g/mol. The molecule has 18 heavy (non-hydrogen) atoms. The average Bonchev–Trinajstić information content (AvgIpc) is 2.34. The Bertz CT molecular complexity index is 752. The monoisotopic (exact) mass is 226 g/mol. The first kappa shape index (κ1) is 10.0. The fourth-order valence-electron chi connectivity index (χ4n) is 3.15. The maximum atomic E-state index is 2.28. The van der Waals surface area contributed by atoms with E-state index in [1.54, 1.807) is 0 Å². The van der Waals surface area contributed by atoms with Crippen molar-refractivity contribution in [1.82, 2.24) is 0 Å². The molecular formula is C16H12B2. The fourth-order valence-corrected chi connectivity index (χ4v) is 3.15. The van der Waals surface area contributed by atoms with Gasteiger partial charge >= 0.3 is 0 Å². The summed E-state index contributed by atoms with van der Waals surface area (Å²) in [6.45, 7) is 0. The first-order chi connectivity index (χ1) is 8.72. The van der Waals surface area contributed by atoms with Crippen LogP contribution in [0.5, 0.6) is 0 Å². The van der Waals surface area contributed by atoms with E-state index < -0.39 is 0 Å². The summed E-state index contributed by atoms with van der Waals surface area (Å²) in [6, 6.07) is 18.1. The summed E-state index contributed by atoms with van der Waals surface area (Å²) in [7, 11) is 4.33. The standard InChI is InChI=1S/C16H12B2/c17-13-5-9-1-2-10-6-14(18)8-12-4-3-11(7-13)15(9)16(10)12/h1-8H,17-18H2. The highest BCUT2D eigenvalue weighted by Gasteiger charge is 2.08. The van der Waals surface area contributed by atoms with E-state index in [9.17, 15) is 0 Å². The first-order valence-corrected chi connectivity index (χ1v) is 6.38. The lowest BCUT2D eigenvalue weighted by Gasteiger charge is -2.12. The summed E-state index contributed by atoms with van der Waals surface area (Å²) in [5, 5.41) is 8.24. The Kier molecular flexibility index (Phi) is 1.83. The van der Waals surface area contributed by atoms with Gasteiger partial charge in [-0.3, -0.25) is 0 Å². The Morgan fingerprint density at radius 3 is 1.06 bits per heavy atom. The molecule has 4 rings (SSSR count). The van der Waals surface area contributed by atoms with Crippen LogP contribution >= 0.6 is 0 Å². The summed E-state index contributed by atoms with van der Waals surface area (Å²) in [6.07, 6.45) is 0. The molecule has 0 bridgehead atoms. The number of rotatable bonds is 0. The Morgan fingerprint density at radius 2 is 0.778 bits per heavy atom. The molecule has 0 fully saturated rings. The Hall–Kier alpha value is -1.95. The van der Waals surface area contributed by atoms with Gasteiger partial charge in [0.15, 0.2) is 0 Å². The van der Waals surface area contributed by atoms with Gasteiger partial charge in [0, 0.05) is 0 Å². The van der Waals surface area contributed by atoms with Gasteiger partial charge in [-0.1, -0.05) is 59.5 Å². The van der Waals surface area contributed by atoms with Crippen LogP contribution in [0.15, 0.2) is 48.5 Å². The first-order valence-electron chi connectivity index (χ1n) is 6.38. The van der Waals surface area contributed by atoms with E-state index in [1.165, 1.54) is 43.2 Å². The van der Waals surface area contributed by atoms with Crippen molar-refractivity contribution in [3.05, 3.63) is 48.5 Å². The normalized spacial score (nSPS) is 11.8. The molecule has 4 aromatic carbocycles. The van der Waals surface area contributed by atoms with Crippen LogP contribution in [-0.4, -0.2) is 15.7 Å². The minimum Gasteiger partial charge on any atom is -0.0877 e. The molecule has 0 unspecified atom stereocenters. The second-order valence-corrected chi connectivity index (χ2v) is 5.30. The van der Waals surface area contributed by atoms with Crippen LogP contribution < -0.4 is 10.9 Å². The smallest absolute Gasteiger partial charge is 0.0877 e. The van der Waals surface area contributed by atoms with Crippen molar-refractivity contribution in [2.45, 2.75) is 0 Å². The largest absolute Gasteiger partial charge is 0.139 e. The third kappa shape index (κ3) is 1.23. The summed E-state index contributed by atoms with van der Waals surface area (Å²) >= 11 is 0. The van der Waals surface area contributed by atoms with E-state index in [1.807, 2.05) is 0 Å². The highest BCUT2D eigenvalue weighted by atomic mass is 14.1. The van der Waals surface area contributed by atoms with Crippen molar-refractivity contribution in [3.8, 4) is 0 Å². The predicted molar refractivity (Wildman–Crippen MR) is 86.5 cm³/mol. The molecule has 0 N–H and O–H groups in total. The molecule has 0 aliphatic heterocycles. The molecule has 0 atom stereocenters. The summed E-state index contributed by atoms with van der Waals surface area (Å²) in [4.78, 5) is 0. The van der Waals surface area contributed by atoms with Gasteiger partial charge in [0.05, 0.1) is 0 Å². The molecule has 0 spiro atoms. The Morgan fingerprint density at radius 1 is 0.500 bits per heavy atom. The topological polar surface area (TPSA) is 0 Å². The highest BCUT2D eigenvalue weighted by Crippen LogP contribution is 2.32. The minimum atomic E-state index is 1.33. The van der Waals surface area contributed by atoms with Crippen molar-refractivity contribution in [3.63, 3.8) is 0 Å². The summed E-state index contributed by atoms with van der Waals surface area (Å²) in [5.74, 6) is 0. The van der Waals surface area contributed by atoms with Gasteiger partial charge in [-0.25, -0.2) is 0 Å². The van der Waals surface area contributed by atoms with E-state index in [0.717, 1.165) is 0 Å². The van der Waals surface area contributed by atoms with Crippen molar-refractivity contribution >= 4 is 58.9 Å². The van der Waals surface area contributed by atoms with Gasteiger partial charge in [0.25, 0.3) is 0 Å². The van der Waals surface area contributed by atoms with Crippen molar-refractivity contribution < 1.29 is 0 Å². The zero-order valence-corrected chi connectivity index (χ0v) is 10.6. The molecule has 0 saturated carbocycles. The second kappa shape index (κ2) is 3.29. The molecule has 4 aromatic rings. The average molecular weight is 226 g/mol. The molecule has 0 radical (unpaired) electrons. The Labute approximate surface area is 108 Å². The lowest BCUT2D eigenvalue weighted by molar-refractivity contribution is 1.83. The van der Waals surface area contributed by atoms with Crippen LogP contribution in [0.3, 0.4) is 0 Å². The zero-order valence-electron chi connectivity index (χ0n) is 10.6. The Balaban J connectivity index is 2.41. The molecule has 0 heterocycles. The van der Waals surface area contributed by atoms with E-state index in [-0.39, 0.29) is 0 Å². The van der Waals surface area contributed by atoms with Crippen molar-refractivity contribution in [2.75, 3.05) is 0 Å². The molecule has 2 heteroatoms. The van der Waals surface area contributed by atoms with Gasteiger partial charge in [-0.2, -0.15) is 0 Å². The highest BCUT2D eigenvalue weighted by molar-refractivity contribution is 6.38. The number of hydrogen-bond donors (Lipinski definition) is 0. The van der Waals surface area contributed by atoms with Crippen molar-refractivity contribution in [2.24, 2.45) is 0 Å². The predicted octanol–water partition coefficient (Wildman–Crippen LogP) is 1.10. The van der Waals surface area contributed by atoms with Gasteiger partial charge in [-0.15, -0.1) is 0 Å². The molecule has 0 aliphatic rings. The van der Waals surface area contributed by atoms with Gasteiger partial charge in [0.1, 0.15) is 15.7 Å². The molecule has 0 aromatic heterocycles. The lowest BCUT2D eigenvalue weighted by Crippen LogP contribution is -2.03. The fraction of sp³-hybridized carbons (Fsp3) is 0. The van der Waals surface area contributed by atoms with Crippen LogP contribution in [0, 0.1) is 0 Å². The molecule has 82 valence electrons. The van der Waals surface area contributed by atoms with E-state index in [4.69, 9.17) is 0 Å². The maximum Gasteiger partial charge on any atom is 0.139 e. The van der Waals surface area contributed by atoms with Gasteiger partial charge in [0.2, 0.25) is 0 Å². The van der Waals surface area contributed by atoms with E-state index in [0.29, 0.717) is 0 Å². The van der Waals surface area contributed by atoms with Crippen LogP contribution in [0.1, 0.15) is 0 Å². The van der Waals surface area contributed by atoms with Crippen LogP contribution in [0.4, 0.5) is 0 Å². The summed E-state index contributed by atoms with van der Waals surface area (Å²) < 4.78 is 0. The molecule has 0 nitrogen and oxygen atoms in total. The molecule has 0 aliphatic carbocycles. The second-order valence-electron chi connectivity index (χ2n) is 5.30. The summed E-state index contributed by atoms with van der Waals surface area (Å²) in [5.41, 5.74) is 2.66. The minimum absolute atomic E-state index is 1.33. The van der Waals surface area contributed by atoms with Crippen molar-refractivity contribution in [1.29, 1.82) is 0 Å². The van der Waals surface area contributed by atoms with Gasteiger partial charge in [-0.05, 0) is 32.3 Å². The van der Waals surface area contributed by atoms with E-state index >= 15 is 0 Å². The van der Waals surface area contributed by atoms with Gasteiger partial charge < -0.3 is 0 Å². The lowest BCUT2D eigenvalue weighted by atomic mass is 9.85. The van der Waals surface area contributed by atoms with Crippen LogP contribution in [0.25, 0.3) is 32.3 Å².